The lowest BCUT2D eigenvalue weighted by Gasteiger charge is -2.40. The second-order valence-electron chi connectivity index (χ2n) is 10.4. The van der Waals surface area contributed by atoms with E-state index in [1.165, 1.54) is 49.0 Å². The maximum atomic E-state index is 7.21. The van der Waals surface area contributed by atoms with Gasteiger partial charge in [-0.1, -0.05) is 144 Å². The molecule has 0 N–H and O–H groups in total. The molecule has 198 valence electrons. The number of benzene rings is 6. The van der Waals surface area contributed by atoms with Gasteiger partial charge >= 0.3 is 0 Å². The van der Waals surface area contributed by atoms with Crippen LogP contribution in [-0.4, -0.2) is 0 Å². The number of hydrogen-bond donors (Lipinski definition) is 0. The number of fused-ring (bicyclic) bond motifs is 4. The van der Waals surface area contributed by atoms with Crippen molar-refractivity contribution in [2.75, 3.05) is 0 Å². The third-order valence-corrected chi connectivity index (χ3v) is 10.9. The van der Waals surface area contributed by atoms with Gasteiger partial charge in [0, 0.05) is 22.0 Å². The number of hydrogen-bond acceptors (Lipinski definition) is 1. The first-order chi connectivity index (χ1) is 19.6. The molecule has 2 heteroatoms. The molecule has 0 aromatic heterocycles. The first-order valence-electron chi connectivity index (χ1n) is 13.8. The predicted molar refractivity (Wildman–Crippen MR) is 172 cm³/mol. The van der Waals surface area contributed by atoms with Gasteiger partial charge in [0.05, 0.1) is 0 Å². The van der Waals surface area contributed by atoms with Crippen LogP contribution in [0, 0.1) is 13.8 Å². The Morgan fingerprint density at radius 1 is 0.550 bits per heavy atom. The summed E-state index contributed by atoms with van der Waals surface area (Å²) in [6, 6.07) is 51.8. The molecule has 0 amide bonds. The summed E-state index contributed by atoms with van der Waals surface area (Å²) in [6.45, 7) is 4.24. The van der Waals surface area contributed by atoms with E-state index >= 15 is 0 Å². The van der Waals surface area contributed by atoms with Crippen molar-refractivity contribution in [2.45, 2.75) is 30.2 Å². The Morgan fingerprint density at radius 2 is 1.15 bits per heavy atom. The second-order valence-corrected chi connectivity index (χ2v) is 13.2. The number of aryl methyl sites for hydroxylation is 2. The maximum absolute atomic E-state index is 7.21. The summed E-state index contributed by atoms with van der Waals surface area (Å²) in [5.74, 6) is 2.75. The molecule has 0 radical (unpaired) electrons. The minimum Gasteiger partial charge on any atom is -0.443 e. The van der Waals surface area contributed by atoms with Gasteiger partial charge in [0.25, 0.3) is 0 Å². The monoisotopic (exact) mass is 538 g/mol. The Balaban J connectivity index is 0.000000313. The highest BCUT2D eigenvalue weighted by Crippen LogP contribution is 2.65. The van der Waals surface area contributed by atoms with E-state index in [9.17, 15) is 0 Å². The van der Waals surface area contributed by atoms with E-state index in [1.54, 1.807) is 0 Å². The Morgan fingerprint density at radius 3 is 1.93 bits per heavy atom. The first kappa shape index (κ1) is 26.0. The highest BCUT2D eigenvalue weighted by Gasteiger charge is 2.35. The fourth-order valence-corrected chi connectivity index (χ4v) is 8.94. The molecule has 0 aliphatic carbocycles. The quantitative estimate of drug-likeness (QED) is 0.218. The van der Waals surface area contributed by atoms with Crippen LogP contribution in [0.1, 0.15) is 22.3 Å². The third-order valence-electron chi connectivity index (χ3n) is 7.65. The van der Waals surface area contributed by atoms with Crippen molar-refractivity contribution < 1.29 is 4.18 Å². The smallest absolute Gasteiger partial charge is 0.143 e. The van der Waals surface area contributed by atoms with Crippen LogP contribution >= 0.6 is 10.3 Å². The highest BCUT2D eigenvalue weighted by molar-refractivity contribution is 8.29. The lowest BCUT2D eigenvalue weighted by atomic mass is 10.00. The summed E-state index contributed by atoms with van der Waals surface area (Å²) in [5.41, 5.74) is 7.88. The highest BCUT2D eigenvalue weighted by atomic mass is 32.3. The predicted octanol–water partition coefficient (Wildman–Crippen LogP) is 10.7. The van der Waals surface area contributed by atoms with Crippen molar-refractivity contribution in [3.05, 3.63) is 168 Å². The molecule has 1 heterocycles. The van der Waals surface area contributed by atoms with Crippen LogP contribution in [0.2, 0.25) is 0 Å². The van der Waals surface area contributed by atoms with Crippen LogP contribution < -0.4 is 4.18 Å². The van der Waals surface area contributed by atoms with Crippen LogP contribution in [0.5, 0.6) is 5.75 Å². The Bertz CT molecular complexity index is 1680. The summed E-state index contributed by atoms with van der Waals surface area (Å²) in [6.07, 6.45) is 0. The van der Waals surface area contributed by atoms with Crippen LogP contribution in [-0.2, 0) is 11.5 Å². The molecule has 7 rings (SSSR count). The second kappa shape index (κ2) is 11.5. The van der Waals surface area contributed by atoms with Crippen molar-refractivity contribution in [3.8, 4) is 16.9 Å². The van der Waals surface area contributed by atoms with Crippen molar-refractivity contribution >= 4 is 21.1 Å². The van der Waals surface area contributed by atoms with Gasteiger partial charge in [-0.05, 0) is 64.6 Å². The summed E-state index contributed by atoms with van der Waals surface area (Å²) in [4.78, 5) is 1.32. The van der Waals surface area contributed by atoms with Crippen molar-refractivity contribution in [2.24, 2.45) is 0 Å². The van der Waals surface area contributed by atoms with Crippen molar-refractivity contribution in [3.63, 3.8) is 0 Å². The van der Waals surface area contributed by atoms with Crippen LogP contribution in [0.3, 0.4) is 0 Å². The summed E-state index contributed by atoms with van der Waals surface area (Å²) >= 11 is 0. The maximum Gasteiger partial charge on any atom is 0.143 e. The van der Waals surface area contributed by atoms with Crippen LogP contribution in [0.4, 0.5) is 0 Å². The van der Waals surface area contributed by atoms with E-state index in [-0.39, 0.29) is 0 Å². The zero-order chi connectivity index (χ0) is 27.4. The van der Waals surface area contributed by atoms with Crippen molar-refractivity contribution in [1.82, 2.24) is 0 Å². The molecule has 1 aliphatic rings. The molecule has 0 fully saturated rings. The fourth-order valence-electron chi connectivity index (χ4n) is 5.43. The summed E-state index contributed by atoms with van der Waals surface area (Å²) in [7, 11) is -1.72. The molecule has 1 atom stereocenters. The largest absolute Gasteiger partial charge is 0.443 e. The summed E-state index contributed by atoms with van der Waals surface area (Å²) in [5, 5.41) is 2.55. The molecule has 40 heavy (non-hydrogen) atoms. The van der Waals surface area contributed by atoms with Gasteiger partial charge in [-0.3, -0.25) is 0 Å². The van der Waals surface area contributed by atoms with Gasteiger partial charge in [0.15, 0.2) is 0 Å². The third kappa shape index (κ3) is 5.28. The molecule has 1 aliphatic heterocycles. The Kier molecular flexibility index (Phi) is 7.44. The molecule has 1 unspecified atom stereocenters. The SMILES string of the molecule is Cc1ccccc1C.c1ccc(CS2(c3cccc4ccccc34)Cc3ccccc3-c3ccccc3O2)cc1. The molecule has 0 saturated heterocycles. The molecule has 6 aromatic carbocycles. The molecule has 1 nitrogen and oxygen atoms in total. The normalized spacial score (nSPS) is 17.1. The zero-order valence-corrected chi connectivity index (χ0v) is 23.9. The van der Waals surface area contributed by atoms with Crippen molar-refractivity contribution in [1.29, 1.82) is 0 Å². The van der Waals surface area contributed by atoms with Crippen LogP contribution in [0.15, 0.2) is 150 Å². The molecular weight excluding hydrogens is 504 g/mol. The fraction of sp³-hybridized carbons (Fsp3) is 0.105. The summed E-state index contributed by atoms with van der Waals surface area (Å²) < 4.78 is 7.21. The minimum atomic E-state index is -1.72. The lowest BCUT2D eigenvalue weighted by molar-refractivity contribution is 0.616. The number of para-hydroxylation sites is 1. The van der Waals surface area contributed by atoms with E-state index in [1.807, 2.05) is 0 Å². The van der Waals surface area contributed by atoms with Gasteiger partial charge in [0.1, 0.15) is 5.75 Å². The van der Waals surface area contributed by atoms with E-state index in [0.717, 1.165) is 17.3 Å². The van der Waals surface area contributed by atoms with Gasteiger partial charge < -0.3 is 4.18 Å². The average molecular weight is 539 g/mol. The van der Waals surface area contributed by atoms with Gasteiger partial charge in [-0.15, -0.1) is 0 Å². The zero-order valence-electron chi connectivity index (χ0n) is 23.1. The Hall–Kier alpha value is -4.27. The molecule has 6 aromatic rings. The van der Waals surface area contributed by atoms with Gasteiger partial charge in [-0.2, -0.15) is 0 Å². The lowest BCUT2D eigenvalue weighted by Crippen LogP contribution is -2.14. The standard InChI is InChI=1S/C30H24OS.C8H10/c1-2-11-23(12-3-1)21-32(30-20-10-15-24-13-4-7-17-27(24)30)22-25-14-5-6-16-26(25)28-18-8-9-19-29(28)31-32;1-7-5-3-4-6-8(7)2/h1-20H,21-22H2;3-6H,1-2H3. The molecular formula is C38H34OS. The molecule has 0 spiro atoms. The average Bonchev–Trinajstić information content (AvgIpc) is 3.14. The van der Waals surface area contributed by atoms with E-state index < -0.39 is 10.3 Å². The molecule has 0 bridgehead atoms. The Labute approximate surface area is 239 Å². The van der Waals surface area contributed by atoms with E-state index in [0.29, 0.717) is 0 Å². The number of rotatable bonds is 3. The van der Waals surface area contributed by atoms with E-state index in [4.69, 9.17) is 4.18 Å². The first-order valence-corrected chi connectivity index (χ1v) is 15.7. The topological polar surface area (TPSA) is 9.23 Å². The van der Waals surface area contributed by atoms with Crippen LogP contribution in [0.25, 0.3) is 21.9 Å². The van der Waals surface area contributed by atoms with Gasteiger partial charge in [-0.25, -0.2) is 0 Å². The molecule has 0 saturated carbocycles. The van der Waals surface area contributed by atoms with Gasteiger partial charge in [0.2, 0.25) is 0 Å². The van der Waals surface area contributed by atoms with E-state index in [2.05, 4.69) is 159 Å². The minimum absolute atomic E-state index is 0.879.